The van der Waals surface area contributed by atoms with Gasteiger partial charge >= 0.3 is 0 Å². The number of nitro benzene ring substituents is 1. The van der Waals surface area contributed by atoms with Gasteiger partial charge in [0.15, 0.2) is 0 Å². The van der Waals surface area contributed by atoms with Crippen LogP contribution in [-0.2, 0) is 6.42 Å². The first-order valence-corrected chi connectivity index (χ1v) is 11.0. The summed E-state index contributed by atoms with van der Waals surface area (Å²) in [5.41, 5.74) is 1.62. The van der Waals surface area contributed by atoms with Crippen LogP contribution in [0.5, 0.6) is 0 Å². The van der Waals surface area contributed by atoms with E-state index in [0.29, 0.717) is 18.0 Å². The van der Waals surface area contributed by atoms with Crippen LogP contribution in [0.3, 0.4) is 0 Å². The van der Waals surface area contributed by atoms with Crippen LogP contribution in [0.4, 0.5) is 10.8 Å². The van der Waals surface area contributed by atoms with Crippen molar-refractivity contribution in [2.75, 3.05) is 24.5 Å². The predicted molar refractivity (Wildman–Crippen MR) is 120 cm³/mol. The first-order chi connectivity index (χ1) is 15.1. The number of nitrogens with one attached hydrogen (secondary N) is 1. The molecule has 0 spiro atoms. The Hall–Kier alpha value is -3.33. The molecule has 1 N–H and O–H groups in total. The number of piperidine rings is 1. The molecule has 9 heteroatoms. The maximum Gasteiger partial charge on any atom is 0.269 e. The second-order valence-electron chi connectivity index (χ2n) is 7.60. The minimum absolute atomic E-state index is 0.0208. The fourth-order valence-corrected chi connectivity index (χ4v) is 4.36. The van der Waals surface area contributed by atoms with E-state index in [1.54, 1.807) is 0 Å². The average Bonchev–Trinajstić information content (AvgIpc) is 3.27. The third-order valence-electron chi connectivity index (χ3n) is 5.44. The topological polar surface area (TPSA) is 101 Å². The Labute approximate surface area is 184 Å². The third-order valence-corrected chi connectivity index (χ3v) is 6.25. The van der Waals surface area contributed by atoms with Crippen molar-refractivity contribution >= 4 is 28.3 Å². The summed E-state index contributed by atoms with van der Waals surface area (Å²) < 4.78 is 4.51. The normalized spacial score (nSPS) is 14.4. The van der Waals surface area contributed by atoms with Gasteiger partial charge in [-0.15, -0.1) is 0 Å². The summed E-state index contributed by atoms with van der Waals surface area (Å²) in [6.07, 6.45) is 2.67. The lowest BCUT2D eigenvalue weighted by Crippen LogP contribution is -2.38. The highest BCUT2D eigenvalue weighted by Gasteiger charge is 2.22. The number of nitro groups is 1. The van der Waals surface area contributed by atoms with Crippen LogP contribution in [0.2, 0.25) is 0 Å². The van der Waals surface area contributed by atoms with E-state index in [1.165, 1.54) is 41.4 Å². The van der Waals surface area contributed by atoms with Crippen LogP contribution in [-0.4, -0.2) is 39.8 Å². The molecule has 2 aromatic carbocycles. The molecular formula is C22H23N5O3S. The highest BCUT2D eigenvalue weighted by molar-refractivity contribution is 7.09. The Bertz CT molecular complexity index is 1030. The van der Waals surface area contributed by atoms with Crippen LogP contribution < -0.4 is 10.2 Å². The van der Waals surface area contributed by atoms with Gasteiger partial charge in [0.05, 0.1) is 4.92 Å². The Morgan fingerprint density at radius 2 is 1.84 bits per heavy atom. The van der Waals surface area contributed by atoms with Gasteiger partial charge in [0, 0.05) is 55.3 Å². The Balaban J connectivity index is 1.23. The number of anilines is 1. The van der Waals surface area contributed by atoms with Crippen LogP contribution >= 0.6 is 11.5 Å². The number of hydrogen-bond donors (Lipinski definition) is 1. The molecule has 0 unspecified atom stereocenters. The fourth-order valence-electron chi connectivity index (χ4n) is 3.63. The lowest BCUT2D eigenvalue weighted by molar-refractivity contribution is -0.384. The van der Waals surface area contributed by atoms with Gasteiger partial charge in [0.1, 0.15) is 5.82 Å². The summed E-state index contributed by atoms with van der Waals surface area (Å²) >= 11 is 1.44. The van der Waals surface area contributed by atoms with Crippen LogP contribution in [0.1, 0.15) is 34.6 Å². The Morgan fingerprint density at radius 1 is 1.13 bits per heavy atom. The summed E-state index contributed by atoms with van der Waals surface area (Å²) in [6.45, 7) is 2.37. The van der Waals surface area contributed by atoms with Crippen molar-refractivity contribution in [2.45, 2.75) is 19.3 Å². The SMILES string of the molecule is O=C(NCC1CCN(c2nc(Cc3ccccc3)ns2)CC1)c1ccc([N+](=O)[O-])cc1. The van der Waals surface area contributed by atoms with E-state index in [4.69, 9.17) is 4.98 Å². The summed E-state index contributed by atoms with van der Waals surface area (Å²) in [5, 5.41) is 14.6. The average molecular weight is 438 g/mol. The summed E-state index contributed by atoms with van der Waals surface area (Å²) in [5.74, 6) is 1.05. The molecule has 160 valence electrons. The zero-order valence-corrected chi connectivity index (χ0v) is 17.8. The quantitative estimate of drug-likeness (QED) is 0.447. The van der Waals surface area contributed by atoms with Crippen LogP contribution in [0, 0.1) is 16.0 Å². The van der Waals surface area contributed by atoms with Crippen molar-refractivity contribution < 1.29 is 9.72 Å². The number of rotatable bonds is 7. The molecule has 2 heterocycles. The van der Waals surface area contributed by atoms with E-state index >= 15 is 0 Å². The van der Waals surface area contributed by atoms with E-state index in [-0.39, 0.29) is 11.6 Å². The van der Waals surface area contributed by atoms with Gasteiger partial charge in [-0.3, -0.25) is 14.9 Å². The minimum Gasteiger partial charge on any atom is -0.352 e. The zero-order valence-electron chi connectivity index (χ0n) is 16.9. The maximum atomic E-state index is 12.3. The predicted octanol–water partition coefficient (Wildman–Crippen LogP) is 3.68. The van der Waals surface area contributed by atoms with E-state index in [1.807, 2.05) is 18.2 Å². The van der Waals surface area contributed by atoms with Gasteiger partial charge in [-0.2, -0.15) is 4.37 Å². The highest BCUT2D eigenvalue weighted by Crippen LogP contribution is 2.25. The number of nitrogens with zero attached hydrogens (tertiary/aromatic N) is 4. The van der Waals surface area contributed by atoms with Crippen LogP contribution in [0.15, 0.2) is 54.6 Å². The van der Waals surface area contributed by atoms with Gasteiger partial charge in [0.25, 0.3) is 11.6 Å². The molecule has 1 amide bonds. The van der Waals surface area contributed by atoms with Crippen molar-refractivity contribution in [3.8, 4) is 0 Å². The van der Waals surface area contributed by atoms with E-state index in [0.717, 1.165) is 43.3 Å². The molecule has 0 bridgehead atoms. The Kier molecular flexibility index (Phi) is 6.51. The van der Waals surface area contributed by atoms with Crippen molar-refractivity contribution in [2.24, 2.45) is 5.92 Å². The monoisotopic (exact) mass is 437 g/mol. The maximum absolute atomic E-state index is 12.3. The number of carbonyl (C=O) groups is 1. The molecule has 3 aromatic rings. The summed E-state index contributed by atoms with van der Waals surface area (Å²) in [4.78, 5) is 29.5. The number of benzene rings is 2. The first-order valence-electron chi connectivity index (χ1n) is 10.2. The van der Waals surface area contributed by atoms with Crippen LogP contribution in [0.25, 0.3) is 0 Å². The highest BCUT2D eigenvalue weighted by atomic mass is 32.1. The van der Waals surface area contributed by atoms with E-state index in [9.17, 15) is 14.9 Å². The molecular weight excluding hydrogens is 414 g/mol. The smallest absolute Gasteiger partial charge is 0.269 e. The molecule has 1 aliphatic rings. The molecule has 1 aliphatic heterocycles. The molecule has 0 atom stereocenters. The van der Waals surface area contributed by atoms with E-state index < -0.39 is 4.92 Å². The lowest BCUT2D eigenvalue weighted by atomic mass is 9.97. The summed E-state index contributed by atoms with van der Waals surface area (Å²) in [7, 11) is 0. The van der Waals surface area contributed by atoms with E-state index in [2.05, 4.69) is 26.7 Å². The molecule has 31 heavy (non-hydrogen) atoms. The Morgan fingerprint density at radius 3 is 2.52 bits per heavy atom. The fraction of sp³-hybridized carbons (Fsp3) is 0.318. The van der Waals surface area contributed by atoms with Crippen molar-refractivity contribution in [1.82, 2.24) is 14.7 Å². The third kappa shape index (κ3) is 5.43. The lowest BCUT2D eigenvalue weighted by Gasteiger charge is -2.31. The molecule has 8 nitrogen and oxygen atoms in total. The van der Waals surface area contributed by atoms with Crippen molar-refractivity contribution in [3.05, 3.63) is 81.7 Å². The zero-order chi connectivity index (χ0) is 21.6. The summed E-state index contributed by atoms with van der Waals surface area (Å²) in [6, 6.07) is 15.9. The molecule has 0 aliphatic carbocycles. The second kappa shape index (κ2) is 9.65. The number of aromatic nitrogens is 2. The van der Waals surface area contributed by atoms with Gasteiger partial charge in [-0.1, -0.05) is 30.3 Å². The number of non-ortho nitro benzene ring substituents is 1. The first kappa shape index (κ1) is 20.9. The molecule has 0 saturated carbocycles. The van der Waals surface area contributed by atoms with Gasteiger partial charge in [-0.05, 0) is 36.5 Å². The number of hydrogen-bond acceptors (Lipinski definition) is 7. The van der Waals surface area contributed by atoms with Crippen molar-refractivity contribution in [3.63, 3.8) is 0 Å². The molecule has 1 aromatic heterocycles. The molecule has 4 rings (SSSR count). The van der Waals surface area contributed by atoms with Gasteiger partial charge in [0.2, 0.25) is 5.13 Å². The standard InChI is InChI=1S/C22H23N5O3S/c28-21(18-6-8-19(9-7-18)27(29)30)23-15-17-10-12-26(13-11-17)22-24-20(25-31-22)14-16-4-2-1-3-5-16/h1-9,17H,10-15H2,(H,23,28). The van der Waals surface area contributed by atoms with Gasteiger partial charge in [-0.25, -0.2) is 4.98 Å². The molecule has 1 saturated heterocycles. The molecule has 0 radical (unpaired) electrons. The number of amides is 1. The number of carbonyl (C=O) groups excluding carboxylic acids is 1. The second-order valence-corrected chi connectivity index (χ2v) is 8.33. The van der Waals surface area contributed by atoms with Crippen molar-refractivity contribution in [1.29, 1.82) is 0 Å². The largest absolute Gasteiger partial charge is 0.352 e. The minimum atomic E-state index is -0.474. The molecule has 1 fully saturated rings. The van der Waals surface area contributed by atoms with Gasteiger partial charge < -0.3 is 10.2 Å².